The number of nitrogens with one attached hydrogen (secondary N) is 1. The van der Waals surface area contributed by atoms with E-state index >= 15 is 0 Å². The standard InChI is InChI=1S/C13H12FN3O2S/c1-7-3-4-9(14)10(5-7)17-12(19)11-8(2)16-13(15)20(11)6-18/h3-5H,1-2H3,(H2,15,16)(H,17,19). The quantitative estimate of drug-likeness (QED) is 0.818. The van der Waals surface area contributed by atoms with Crippen LogP contribution in [0.4, 0.5) is 10.1 Å². The summed E-state index contributed by atoms with van der Waals surface area (Å²) >= 11 is 0. The number of allylic oxidation sites excluding steroid dienone is 1. The maximum Gasteiger partial charge on any atom is 0.264 e. The van der Waals surface area contributed by atoms with Crippen molar-refractivity contribution in [1.29, 1.82) is 0 Å². The summed E-state index contributed by atoms with van der Waals surface area (Å²) in [5, 5.41) is 4.18. The van der Waals surface area contributed by atoms with E-state index in [1.54, 1.807) is 25.1 Å². The lowest BCUT2D eigenvalue weighted by Crippen LogP contribution is -2.16. The molecule has 0 aliphatic carbocycles. The molecule has 1 aromatic rings. The molecule has 0 saturated heterocycles. The number of hydrogen-bond donors (Lipinski definition) is 2. The van der Waals surface area contributed by atoms with Crippen molar-refractivity contribution in [2.75, 3.05) is 5.32 Å². The van der Waals surface area contributed by atoms with E-state index < -0.39 is 22.2 Å². The highest BCUT2D eigenvalue weighted by Crippen LogP contribution is 2.34. The Morgan fingerprint density at radius 1 is 1.45 bits per heavy atom. The van der Waals surface area contributed by atoms with Gasteiger partial charge in [-0.05, 0) is 31.5 Å². The minimum atomic E-state index is -1.30. The van der Waals surface area contributed by atoms with Gasteiger partial charge in [0.15, 0.2) is 10.4 Å². The first-order valence-corrected chi connectivity index (χ1v) is 6.91. The SMILES string of the molecule is CC1=C(C(=O)Nc2cc(C)ccc2F)S(=C=O)C(N)=N1. The normalized spacial score (nSPS) is 17.8. The first-order valence-electron chi connectivity index (χ1n) is 5.68. The zero-order valence-electron chi connectivity index (χ0n) is 10.9. The monoisotopic (exact) mass is 293 g/mol. The molecule has 1 unspecified atom stereocenters. The Kier molecular flexibility index (Phi) is 3.83. The molecule has 1 heterocycles. The van der Waals surface area contributed by atoms with Crippen LogP contribution in [0.5, 0.6) is 0 Å². The van der Waals surface area contributed by atoms with Crippen molar-refractivity contribution >= 4 is 32.5 Å². The molecule has 3 N–H and O–H groups in total. The van der Waals surface area contributed by atoms with Crippen LogP contribution in [-0.4, -0.2) is 16.3 Å². The fraction of sp³-hybridized carbons (Fsp3) is 0.154. The Balaban J connectivity index is 2.33. The summed E-state index contributed by atoms with van der Waals surface area (Å²) < 4.78 is 13.6. The second kappa shape index (κ2) is 5.40. The molecule has 0 saturated carbocycles. The third-order valence-corrected chi connectivity index (χ3v) is 4.24. The van der Waals surface area contributed by atoms with E-state index in [0.29, 0.717) is 5.70 Å². The number of rotatable bonds is 2. The molecule has 1 aliphatic heterocycles. The van der Waals surface area contributed by atoms with Crippen LogP contribution >= 0.6 is 10.5 Å². The first-order chi connectivity index (χ1) is 9.43. The molecule has 0 radical (unpaired) electrons. The average molecular weight is 293 g/mol. The number of aliphatic imine (C=N–C) groups is 1. The van der Waals surface area contributed by atoms with Gasteiger partial charge in [-0.1, -0.05) is 6.07 Å². The average Bonchev–Trinajstić information content (AvgIpc) is 2.68. The molecule has 0 fully saturated rings. The Bertz CT molecular complexity index is 718. The maximum absolute atomic E-state index is 13.6. The molecule has 1 aromatic carbocycles. The van der Waals surface area contributed by atoms with E-state index in [2.05, 4.69) is 10.3 Å². The number of halogens is 1. The van der Waals surface area contributed by atoms with Crippen molar-refractivity contribution in [2.45, 2.75) is 13.8 Å². The number of anilines is 1. The van der Waals surface area contributed by atoms with Crippen molar-refractivity contribution in [3.8, 4) is 0 Å². The fourth-order valence-electron chi connectivity index (χ4n) is 1.77. The number of nitrogens with zero attached hydrogens (tertiary/aromatic N) is 1. The third kappa shape index (κ3) is 2.54. The van der Waals surface area contributed by atoms with Crippen molar-refractivity contribution in [2.24, 2.45) is 10.7 Å². The van der Waals surface area contributed by atoms with E-state index in [-0.39, 0.29) is 15.8 Å². The van der Waals surface area contributed by atoms with Crippen molar-refractivity contribution < 1.29 is 14.0 Å². The molecular weight excluding hydrogens is 281 g/mol. The molecule has 104 valence electrons. The molecule has 7 heteroatoms. The molecule has 2 rings (SSSR count). The summed E-state index contributed by atoms with van der Waals surface area (Å²) in [6, 6.07) is 4.36. The van der Waals surface area contributed by atoms with Crippen LogP contribution in [-0.2, 0) is 9.59 Å². The molecule has 0 spiro atoms. The zero-order valence-corrected chi connectivity index (χ0v) is 11.7. The van der Waals surface area contributed by atoms with E-state index in [4.69, 9.17) is 5.73 Å². The number of carbonyl (C=O) groups excluding carboxylic acids is 2. The molecule has 1 aliphatic rings. The lowest BCUT2D eigenvalue weighted by molar-refractivity contribution is -0.112. The third-order valence-electron chi connectivity index (χ3n) is 2.68. The summed E-state index contributed by atoms with van der Waals surface area (Å²) in [4.78, 5) is 27.1. The molecule has 5 nitrogen and oxygen atoms in total. The van der Waals surface area contributed by atoms with Crippen LogP contribution in [0.25, 0.3) is 0 Å². The van der Waals surface area contributed by atoms with Gasteiger partial charge in [0, 0.05) is 10.5 Å². The molecule has 0 aromatic heterocycles. The minimum Gasteiger partial charge on any atom is -0.378 e. The fourth-order valence-corrected chi connectivity index (χ4v) is 2.95. The lowest BCUT2D eigenvalue weighted by Gasteiger charge is -2.09. The summed E-state index contributed by atoms with van der Waals surface area (Å²) in [5.41, 5.74) is 6.76. The van der Waals surface area contributed by atoms with Crippen LogP contribution in [0.15, 0.2) is 33.8 Å². The summed E-state index contributed by atoms with van der Waals surface area (Å²) in [5.74, 6) is -1.15. The van der Waals surface area contributed by atoms with Crippen molar-refractivity contribution in [1.82, 2.24) is 0 Å². The highest BCUT2D eigenvalue weighted by atomic mass is 32.2. The van der Waals surface area contributed by atoms with Gasteiger partial charge < -0.3 is 11.1 Å². The Labute approximate surface area is 117 Å². The van der Waals surface area contributed by atoms with Gasteiger partial charge in [0.1, 0.15) is 10.7 Å². The largest absolute Gasteiger partial charge is 0.378 e. The zero-order chi connectivity index (χ0) is 14.9. The predicted molar refractivity (Wildman–Crippen MR) is 77.4 cm³/mol. The van der Waals surface area contributed by atoms with Gasteiger partial charge in [0.2, 0.25) is 0 Å². The van der Waals surface area contributed by atoms with Gasteiger partial charge in [0.25, 0.3) is 5.91 Å². The minimum absolute atomic E-state index is 0.0485. The maximum atomic E-state index is 13.6. The van der Waals surface area contributed by atoms with E-state index in [0.717, 1.165) is 5.56 Å². The smallest absolute Gasteiger partial charge is 0.264 e. The first kappa shape index (κ1) is 14.2. The number of amides is 1. The Morgan fingerprint density at radius 3 is 2.80 bits per heavy atom. The van der Waals surface area contributed by atoms with Crippen LogP contribution in [0.2, 0.25) is 0 Å². The molecule has 1 amide bonds. The molecule has 1 atom stereocenters. The predicted octanol–water partition coefficient (Wildman–Crippen LogP) is 1.97. The van der Waals surface area contributed by atoms with Crippen LogP contribution in [0.3, 0.4) is 0 Å². The van der Waals surface area contributed by atoms with Gasteiger partial charge in [-0.3, -0.25) is 4.79 Å². The van der Waals surface area contributed by atoms with Crippen LogP contribution in [0, 0.1) is 12.7 Å². The second-order valence-corrected chi connectivity index (χ2v) is 5.80. The number of nitrogens with two attached hydrogens (primary N) is 1. The van der Waals surface area contributed by atoms with Gasteiger partial charge in [-0.25, -0.2) is 14.2 Å². The van der Waals surface area contributed by atoms with E-state index in [1.807, 2.05) is 0 Å². The molecular formula is C13H12FN3O2S. The van der Waals surface area contributed by atoms with Gasteiger partial charge >= 0.3 is 0 Å². The van der Waals surface area contributed by atoms with Crippen molar-refractivity contribution in [3.05, 3.63) is 40.2 Å². The van der Waals surface area contributed by atoms with Gasteiger partial charge in [-0.2, -0.15) is 0 Å². The number of amidine groups is 1. The van der Waals surface area contributed by atoms with Crippen LogP contribution in [0.1, 0.15) is 12.5 Å². The highest BCUT2D eigenvalue weighted by molar-refractivity contribution is 8.31. The Morgan fingerprint density at radius 2 is 2.15 bits per heavy atom. The molecule has 20 heavy (non-hydrogen) atoms. The number of carbonyl (C=O) groups is 1. The van der Waals surface area contributed by atoms with Gasteiger partial charge in [-0.15, -0.1) is 0 Å². The summed E-state index contributed by atoms with van der Waals surface area (Å²) in [6.07, 6.45) is 0. The second-order valence-electron chi connectivity index (χ2n) is 4.19. The summed E-state index contributed by atoms with van der Waals surface area (Å²) in [7, 11) is -1.30. The number of benzene rings is 1. The molecule has 0 bridgehead atoms. The topological polar surface area (TPSA) is 84.5 Å². The lowest BCUT2D eigenvalue weighted by atomic mass is 10.2. The summed E-state index contributed by atoms with van der Waals surface area (Å²) in [6.45, 7) is 3.35. The van der Waals surface area contributed by atoms with Crippen molar-refractivity contribution in [3.63, 3.8) is 0 Å². The van der Waals surface area contributed by atoms with Gasteiger partial charge in [0.05, 0.1) is 11.4 Å². The van der Waals surface area contributed by atoms with Crippen LogP contribution < -0.4 is 11.1 Å². The highest BCUT2D eigenvalue weighted by Gasteiger charge is 2.26. The number of hydrogen-bond acceptors (Lipinski definition) is 4. The van der Waals surface area contributed by atoms with E-state index in [9.17, 15) is 14.0 Å². The number of aryl methyl sites for hydroxylation is 1. The van der Waals surface area contributed by atoms with E-state index in [1.165, 1.54) is 12.1 Å². The Hall–Kier alpha value is -2.24.